The standard InChI is InChI=1S/C22H23N3O2/c26-20-7-6-16-14-18(15-17-8-9-25(20)21(16)17)22(27)24-12-10-23(11-13-24)19-4-2-1-3-5-19/h1-5,14-15H,6-13H2. The number of aryl methyl sites for hydroxylation is 1. The highest BCUT2D eigenvalue weighted by atomic mass is 16.2. The van der Waals surface area contributed by atoms with E-state index < -0.39 is 0 Å². The minimum atomic E-state index is 0.122. The van der Waals surface area contributed by atoms with Crippen LogP contribution < -0.4 is 9.80 Å². The second-order valence-corrected chi connectivity index (χ2v) is 7.55. The molecule has 1 fully saturated rings. The molecule has 0 N–H and O–H groups in total. The highest BCUT2D eigenvalue weighted by molar-refractivity contribution is 6.01. The number of piperazine rings is 1. The third-order valence-electron chi connectivity index (χ3n) is 5.99. The Morgan fingerprint density at radius 2 is 1.52 bits per heavy atom. The Hall–Kier alpha value is -2.82. The first-order chi connectivity index (χ1) is 13.2. The van der Waals surface area contributed by atoms with E-state index in [9.17, 15) is 9.59 Å². The summed E-state index contributed by atoms with van der Waals surface area (Å²) in [5.74, 6) is 0.342. The van der Waals surface area contributed by atoms with E-state index in [1.165, 1.54) is 5.69 Å². The maximum atomic E-state index is 13.1. The zero-order valence-corrected chi connectivity index (χ0v) is 15.4. The first-order valence-electron chi connectivity index (χ1n) is 9.76. The molecule has 0 unspecified atom stereocenters. The van der Waals surface area contributed by atoms with Gasteiger partial charge in [0.2, 0.25) is 5.91 Å². The summed E-state index contributed by atoms with van der Waals surface area (Å²) in [6.45, 7) is 3.95. The first kappa shape index (κ1) is 16.4. The molecule has 0 bridgehead atoms. The molecule has 3 heterocycles. The van der Waals surface area contributed by atoms with Crippen molar-refractivity contribution < 1.29 is 9.59 Å². The largest absolute Gasteiger partial charge is 0.368 e. The average molecular weight is 361 g/mol. The van der Waals surface area contributed by atoms with Crippen molar-refractivity contribution in [2.24, 2.45) is 0 Å². The van der Waals surface area contributed by atoms with Gasteiger partial charge < -0.3 is 14.7 Å². The van der Waals surface area contributed by atoms with E-state index in [-0.39, 0.29) is 11.8 Å². The Bertz CT molecular complexity index is 901. The number of amides is 2. The summed E-state index contributed by atoms with van der Waals surface area (Å²) in [6, 6.07) is 14.4. The van der Waals surface area contributed by atoms with Gasteiger partial charge in [0.25, 0.3) is 5.91 Å². The molecule has 1 saturated heterocycles. The molecule has 0 saturated carbocycles. The number of carbonyl (C=O) groups excluding carboxylic acids is 2. The zero-order chi connectivity index (χ0) is 18.4. The summed E-state index contributed by atoms with van der Waals surface area (Å²) in [4.78, 5) is 31.4. The second kappa shape index (κ2) is 6.41. The third-order valence-corrected chi connectivity index (χ3v) is 5.99. The van der Waals surface area contributed by atoms with Crippen molar-refractivity contribution in [1.29, 1.82) is 0 Å². The van der Waals surface area contributed by atoms with Crippen molar-refractivity contribution in [2.75, 3.05) is 42.5 Å². The average Bonchev–Trinajstić information content (AvgIpc) is 3.16. The molecular weight excluding hydrogens is 338 g/mol. The fourth-order valence-electron chi connectivity index (χ4n) is 4.57. The van der Waals surface area contributed by atoms with Gasteiger partial charge >= 0.3 is 0 Å². The second-order valence-electron chi connectivity index (χ2n) is 7.55. The monoisotopic (exact) mass is 361 g/mol. The van der Waals surface area contributed by atoms with Gasteiger partial charge in [-0.2, -0.15) is 0 Å². The Labute approximate surface area is 159 Å². The number of carbonyl (C=O) groups is 2. The molecule has 2 amide bonds. The summed E-state index contributed by atoms with van der Waals surface area (Å²) in [5, 5.41) is 0. The zero-order valence-electron chi connectivity index (χ0n) is 15.4. The fourth-order valence-corrected chi connectivity index (χ4v) is 4.57. The third kappa shape index (κ3) is 2.78. The lowest BCUT2D eigenvalue weighted by atomic mass is 9.96. The molecule has 5 rings (SSSR count). The molecule has 2 aromatic rings. The van der Waals surface area contributed by atoms with Gasteiger partial charge in [-0.1, -0.05) is 18.2 Å². The predicted molar refractivity (Wildman–Crippen MR) is 105 cm³/mol. The fraction of sp³-hybridized carbons (Fsp3) is 0.364. The van der Waals surface area contributed by atoms with Crippen molar-refractivity contribution in [3.8, 4) is 0 Å². The van der Waals surface area contributed by atoms with Crippen LogP contribution in [-0.4, -0.2) is 49.4 Å². The van der Waals surface area contributed by atoms with Gasteiger partial charge in [-0.25, -0.2) is 0 Å². The number of para-hydroxylation sites is 1. The van der Waals surface area contributed by atoms with Gasteiger partial charge in [0.05, 0.1) is 5.69 Å². The van der Waals surface area contributed by atoms with Crippen LogP contribution in [-0.2, 0) is 17.6 Å². The van der Waals surface area contributed by atoms with Gasteiger partial charge in [-0.3, -0.25) is 9.59 Å². The van der Waals surface area contributed by atoms with Crippen molar-refractivity contribution in [3.63, 3.8) is 0 Å². The first-order valence-corrected chi connectivity index (χ1v) is 9.76. The molecule has 3 aliphatic heterocycles. The van der Waals surface area contributed by atoms with E-state index in [2.05, 4.69) is 29.2 Å². The van der Waals surface area contributed by atoms with E-state index in [0.717, 1.165) is 67.9 Å². The Morgan fingerprint density at radius 3 is 2.26 bits per heavy atom. The highest BCUT2D eigenvalue weighted by Crippen LogP contribution is 2.37. The molecule has 5 heteroatoms. The number of benzene rings is 2. The Kier molecular flexibility index (Phi) is 3.88. The normalized spacial score (nSPS) is 18.7. The van der Waals surface area contributed by atoms with Crippen molar-refractivity contribution in [2.45, 2.75) is 19.3 Å². The number of hydrogen-bond acceptors (Lipinski definition) is 3. The molecule has 0 spiro atoms. The summed E-state index contributed by atoms with van der Waals surface area (Å²) in [5.41, 5.74) is 5.41. The van der Waals surface area contributed by atoms with E-state index >= 15 is 0 Å². The van der Waals surface area contributed by atoms with Gasteiger partial charge in [-0.05, 0) is 48.2 Å². The van der Waals surface area contributed by atoms with Crippen molar-refractivity contribution in [1.82, 2.24) is 4.90 Å². The number of rotatable bonds is 2. The lowest BCUT2D eigenvalue weighted by Gasteiger charge is -2.36. The minimum Gasteiger partial charge on any atom is -0.368 e. The molecule has 27 heavy (non-hydrogen) atoms. The summed E-state index contributed by atoms with van der Waals surface area (Å²) < 4.78 is 0. The van der Waals surface area contributed by atoms with Crippen LogP contribution in [0.15, 0.2) is 42.5 Å². The maximum absolute atomic E-state index is 13.1. The van der Waals surface area contributed by atoms with Gasteiger partial charge in [0.15, 0.2) is 0 Å². The summed E-state index contributed by atoms with van der Waals surface area (Å²) >= 11 is 0. The van der Waals surface area contributed by atoms with Crippen LogP contribution in [0.3, 0.4) is 0 Å². The molecule has 2 aromatic carbocycles. The Morgan fingerprint density at radius 1 is 0.815 bits per heavy atom. The molecular formula is C22H23N3O2. The number of hydrogen-bond donors (Lipinski definition) is 0. The predicted octanol–water partition coefficient (Wildman–Crippen LogP) is 2.48. The van der Waals surface area contributed by atoms with Crippen LogP contribution in [0.4, 0.5) is 11.4 Å². The molecule has 0 atom stereocenters. The smallest absolute Gasteiger partial charge is 0.253 e. The van der Waals surface area contributed by atoms with Gasteiger partial charge in [0.1, 0.15) is 0 Å². The molecule has 0 aromatic heterocycles. The van der Waals surface area contributed by atoms with E-state index in [1.807, 2.05) is 28.0 Å². The molecule has 0 radical (unpaired) electrons. The molecule has 3 aliphatic rings. The quantitative estimate of drug-likeness (QED) is 0.825. The summed E-state index contributed by atoms with van der Waals surface area (Å²) in [7, 11) is 0. The van der Waals surface area contributed by atoms with Gasteiger partial charge in [-0.15, -0.1) is 0 Å². The number of anilines is 2. The molecule has 138 valence electrons. The SMILES string of the molecule is O=C(c1cc2c3c(c1)CCN3C(=O)CC2)N1CCN(c2ccccc2)CC1. The lowest BCUT2D eigenvalue weighted by molar-refractivity contribution is -0.118. The number of nitrogens with zero attached hydrogens (tertiary/aromatic N) is 3. The maximum Gasteiger partial charge on any atom is 0.253 e. The van der Waals surface area contributed by atoms with Crippen LogP contribution in [0, 0.1) is 0 Å². The topological polar surface area (TPSA) is 43.9 Å². The highest BCUT2D eigenvalue weighted by Gasteiger charge is 2.33. The van der Waals surface area contributed by atoms with Gasteiger partial charge in [0, 0.05) is 50.4 Å². The summed E-state index contributed by atoms with van der Waals surface area (Å²) in [6.07, 6.45) is 2.16. The minimum absolute atomic E-state index is 0.122. The van der Waals surface area contributed by atoms with Crippen molar-refractivity contribution >= 4 is 23.2 Å². The van der Waals surface area contributed by atoms with Crippen LogP contribution in [0.2, 0.25) is 0 Å². The van der Waals surface area contributed by atoms with E-state index in [4.69, 9.17) is 0 Å². The Balaban J connectivity index is 1.33. The van der Waals surface area contributed by atoms with E-state index in [1.54, 1.807) is 0 Å². The van der Waals surface area contributed by atoms with Crippen LogP contribution >= 0.6 is 0 Å². The molecule has 0 aliphatic carbocycles. The van der Waals surface area contributed by atoms with E-state index in [0.29, 0.717) is 6.42 Å². The van der Waals surface area contributed by atoms with Crippen LogP contribution in [0.1, 0.15) is 27.9 Å². The molecule has 5 nitrogen and oxygen atoms in total. The van der Waals surface area contributed by atoms with Crippen molar-refractivity contribution in [3.05, 3.63) is 59.2 Å². The van der Waals surface area contributed by atoms with Crippen LogP contribution in [0.5, 0.6) is 0 Å². The lowest BCUT2D eigenvalue weighted by Crippen LogP contribution is -2.48. The van der Waals surface area contributed by atoms with Crippen LogP contribution in [0.25, 0.3) is 0 Å².